The maximum atomic E-state index is 13.2. The second-order valence-corrected chi connectivity index (χ2v) is 14.3. The van der Waals surface area contributed by atoms with Gasteiger partial charge in [0.05, 0.1) is 12.3 Å². The van der Waals surface area contributed by atoms with Crippen LogP contribution in [0.1, 0.15) is 84.0 Å². The number of nitrogens with zero attached hydrogens (tertiary/aromatic N) is 2. The summed E-state index contributed by atoms with van der Waals surface area (Å²) in [6, 6.07) is -1.68. The van der Waals surface area contributed by atoms with Gasteiger partial charge in [0.25, 0.3) is 0 Å². The van der Waals surface area contributed by atoms with Crippen LogP contribution in [0.15, 0.2) is 12.2 Å². The van der Waals surface area contributed by atoms with Crippen molar-refractivity contribution in [2.45, 2.75) is 102 Å². The number of urea groups is 1. The van der Waals surface area contributed by atoms with Gasteiger partial charge in [0.1, 0.15) is 11.6 Å². The van der Waals surface area contributed by atoms with E-state index in [0.29, 0.717) is 38.8 Å². The molecule has 2 saturated heterocycles. The number of hydrogen-bond acceptors (Lipinski definition) is 6. The smallest absolute Gasteiger partial charge is 0.330 e. The minimum absolute atomic E-state index is 0.125. The Hall–Kier alpha value is -2.67. The van der Waals surface area contributed by atoms with Crippen molar-refractivity contribution in [3.8, 4) is 0 Å². The highest BCUT2D eigenvalue weighted by molar-refractivity contribution is 7.89. The van der Waals surface area contributed by atoms with E-state index in [2.05, 4.69) is 22.9 Å². The molecular weight excluding hydrogens is 562 g/mol. The molecule has 2 unspecified atom stereocenters. The lowest BCUT2D eigenvalue weighted by molar-refractivity contribution is -0.145. The van der Waals surface area contributed by atoms with Crippen LogP contribution in [0, 0.1) is 11.8 Å². The Labute approximate surface area is 249 Å². The summed E-state index contributed by atoms with van der Waals surface area (Å²) < 4.78 is 26.3. The van der Waals surface area contributed by atoms with E-state index in [1.54, 1.807) is 0 Å². The summed E-state index contributed by atoms with van der Waals surface area (Å²) >= 11 is 0. The molecule has 0 aromatic rings. The van der Waals surface area contributed by atoms with Crippen molar-refractivity contribution in [1.82, 2.24) is 25.2 Å². The quantitative estimate of drug-likeness (QED) is 0.163. The molecule has 0 aromatic heterocycles. The number of rotatable bonds is 15. The van der Waals surface area contributed by atoms with E-state index in [1.807, 2.05) is 12.2 Å². The van der Waals surface area contributed by atoms with Gasteiger partial charge in [0, 0.05) is 31.6 Å². The lowest BCUT2D eigenvalue weighted by Crippen LogP contribution is -2.55. The van der Waals surface area contributed by atoms with Crippen molar-refractivity contribution in [2.75, 3.05) is 31.9 Å². The molecule has 0 radical (unpaired) electrons. The molecule has 2 heterocycles. The lowest BCUT2D eigenvalue weighted by Gasteiger charge is -2.30. The third kappa shape index (κ3) is 8.24. The first-order valence-electron chi connectivity index (χ1n) is 15.6. The number of likely N-dealkylation sites (tertiary alicyclic amines) is 1. The molecule has 2 aliphatic carbocycles. The molecule has 4 rings (SSSR count). The lowest BCUT2D eigenvalue weighted by atomic mass is 10.1. The number of hydrogen-bond donors (Lipinski definition) is 4. The number of unbranched alkanes of at least 4 members (excludes halogenated alkanes) is 4. The zero-order valence-electron chi connectivity index (χ0n) is 24.7. The fraction of sp³-hybridized carbons (Fsp3) is 0.793. The molecule has 4 amide bonds. The topological polar surface area (TPSA) is 165 Å². The first-order chi connectivity index (χ1) is 20.1. The first kappa shape index (κ1) is 32.2. The molecule has 4 atom stereocenters. The van der Waals surface area contributed by atoms with E-state index in [0.717, 1.165) is 44.9 Å². The second-order valence-electron chi connectivity index (χ2n) is 12.3. The van der Waals surface area contributed by atoms with Crippen molar-refractivity contribution < 1.29 is 32.7 Å². The normalized spacial score (nSPS) is 27.9. The van der Waals surface area contributed by atoms with E-state index in [9.17, 15) is 32.7 Å². The van der Waals surface area contributed by atoms with Gasteiger partial charge in [-0.2, -0.15) is 4.31 Å². The summed E-state index contributed by atoms with van der Waals surface area (Å²) in [5.41, 5.74) is -1.34. The Morgan fingerprint density at radius 1 is 1.05 bits per heavy atom. The summed E-state index contributed by atoms with van der Waals surface area (Å²) in [4.78, 5) is 52.4. The number of carboxylic acid groups (broad SMARTS) is 1. The fourth-order valence-electron chi connectivity index (χ4n) is 6.11. The van der Waals surface area contributed by atoms with Gasteiger partial charge >= 0.3 is 12.0 Å². The molecule has 0 spiro atoms. The van der Waals surface area contributed by atoms with Crippen molar-refractivity contribution >= 4 is 33.8 Å². The van der Waals surface area contributed by atoms with Gasteiger partial charge in [-0.15, -0.1) is 0 Å². The average Bonchev–Trinajstić information content (AvgIpc) is 3.86. The Bertz CT molecular complexity index is 1140. The van der Waals surface area contributed by atoms with Gasteiger partial charge in [0.2, 0.25) is 21.8 Å². The van der Waals surface area contributed by atoms with Crippen LogP contribution < -0.4 is 16.0 Å². The highest BCUT2D eigenvalue weighted by Crippen LogP contribution is 2.45. The largest absolute Gasteiger partial charge is 0.479 e. The third-order valence-corrected chi connectivity index (χ3v) is 10.9. The Morgan fingerprint density at radius 2 is 1.83 bits per heavy atom. The number of carbonyl (C=O) groups excluding carboxylic acids is 3. The van der Waals surface area contributed by atoms with Gasteiger partial charge in [-0.25, -0.2) is 18.0 Å². The highest BCUT2D eigenvalue weighted by atomic mass is 32.2. The van der Waals surface area contributed by atoms with Crippen LogP contribution in [0.25, 0.3) is 0 Å². The van der Waals surface area contributed by atoms with Crippen LogP contribution in [0.5, 0.6) is 0 Å². The molecule has 42 heavy (non-hydrogen) atoms. The van der Waals surface area contributed by atoms with Crippen LogP contribution in [0.3, 0.4) is 0 Å². The summed E-state index contributed by atoms with van der Waals surface area (Å²) in [7, 11) is -3.32. The monoisotopic (exact) mass is 609 g/mol. The van der Waals surface area contributed by atoms with Crippen molar-refractivity contribution in [3.05, 3.63) is 12.2 Å². The second kappa shape index (κ2) is 14.2. The van der Waals surface area contributed by atoms with Crippen LogP contribution in [-0.4, -0.2) is 96.1 Å². The highest BCUT2D eigenvalue weighted by Gasteiger charge is 2.61. The van der Waals surface area contributed by atoms with E-state index < -0.39 is 45.4 Å². The van der Waals surface area contributed by atoms with E-state index >= 15 is 0 Å². The number of amides is 4. The summed E-state index contributed by atoms with van der Waals surface area (Å²) in [6.45, 7) is 2.85. The van der Waals surface area contributed by atoms with E-state index in [4.69, 9.17) is 0 Å². The molecule has 12 nitrogen and oxygen atoms in total. The predicted molar refractivity (Wildman–Crippen MR) is 157 cm³/mol. The van der Waals surface area contributed by atoms with Crippen LogP contribution in [-0.2, 0) is 24.4 Å². The molecule has 13 heteroatoms. The van der Waals surface area contributed by atoms with Gasteiger partial charge < -0.3 is 26.0 Å². The molecule has 4 N–H and O–H groups in total. The summed E-state index contributed by atoms with van der Waals surface area (Å²) in [6.07, 6.45) is 13.9. The van der Waals surface area contributed by atoms with Crippen LogP contribution in [0.2, 0.25) is 0 Å². The standard InChI is InChI=1S/C29H47N5O7S/c1-2-3-4-5-6-7-11-22-18-29(22,27(37)38)32-26(36)24-12-10-16-34(24)25(35)19-30-28(39)31-23(21-13-14-21)20-33-15-8-9-17-42(33,40)41/h7,11,21-24H,2-6,8-10,12-20H2,1H3,(H,32,36)(H,37,38)(H2,30,31,39)/b11-7-/t22?,23?,24-,29+/m0/s1. The van der Waals surface area contributed by atoms with Crippen molar-refractivity contribution in [2.24, 2.45) is 11.8 Å². The minimum atomic E-state index is -3.32. The SMILES string of the molecule is CCCCCC/C=C\C1C[C@]1(NC(=O)[C@@H]1CCCN1C(=O)CNC(=O)NC(CN1CCCCS1(=O)=O)C1CC1)C(=O)O. The number of nitrogens with one attached hydrogen (secondary N) is 3. The molecule has 4 aliphatic rings. The van der Waals surface area contributed by atoms with Crippen molar-refractivity contribution in [1.29, 1.82) is 0 Å². The molecule has 0 bridgehead atoms. The Kier molecular flexibility index (Phi) is 10.9. The maximum Gasteiger partial charge on any atom is 0.330 e. The molecule has 4 fully saturated rings. The minimum Gasteiger partial charge on any atom is -0.479 e. The summed E-state index contributed by atoms with van der Waals surface area (Å²) in [5.74, 6) is -1.93. The molecule has 2 saturated carbocycles. The number of carboxylic acids is 1. The molecule has 236 valence electrons. The van der Waals surface area contributed by atoms with Gasteiger partial charge in [0.15, 0.2) is 0 Å². The number of allylic oxidation sites excluding steroid dienone is 1. The Morgan fingerprint density at radius 3 is 2.52 bits per heavy atom. The average molecular weight is 610 g/mol. The molecule has 0 aromatic carbocycles. The van der Waals surface area contributed by atoms with Gasteiger partial charge in [-0.3, -0.25) is 9.59 Å². The third-order valence-electron chi connectivity index (χ3n) is 8.97. The van der Waals surface area contributed by atoms with Crippen LogP contribution >= 0.6 is 0 Å². The summed E-state index contributed by atoms with van der Waals surface area (Å²) in [5, 5.41) is 18.0. The zero-order chi connectivity index (χ0) is 30.3. The van der Waals surface area contributed by atoms with E-state index in [1.165, 1.54) is 15.6 Å². The number of aliphatic carboxylic acids is 1. The van der Waals surface area contributed by atoms with Gasteiger partial charge in [-0.05, 0) is 63.7 Å². The van der Waals surface area contributed by atoms with Gasteiger partial charge in [-0.1, -0.05) is 38.3 Å². The zero-order valence-corrected chi connectivity index (χ0v) is 25.5. The fourth-order valence-corrected chi connectivity index (χ4v) is 7.73. The van der Waals surface area contributed by atoms with Crippen molar-refractivity contribution in [3.63, 3.8) is 0 Å². The first-order valence-corrected chi connectivity index (χ1v) is 17.2. The number of sulfonamides is 1. The Balaban J connectivity index is 1.25. The molecular formula is C29H47N5O7S. The maximum absolute atomic E-state index is 13.2. The number of carbonyl (C=O) groups is 4. The van der Waals surface area contributed by atoms with E-state index in [-0.39, 0.29) is 36.7 Å². The molecule has 2 aliphatic heterocycles. The predicted octanol–water partition coefficient (Wildman–Crippen LogP) is 1.97. The van der Waals surface area contributed by atoms with Crippen LogP contribution in [0.4, 0.5) is 4.79 Å².